The molecule has 30 heavy (non-hydrogen) atoms. The molecule has 0 aliphatic heterocycles. The number of anilines is 1. The van der Waals surface area contributed by atoms with Gasteiger partial charge in [0.05, 0.1) is 25.8 Å². The van der Waals surface area contributed by atoms with E-state index in [0.717, 1.165) is 16.3 Å². The topological polar surface area (TPSA) is 99.4 Å². The second-order valence-corrected chi connectivity index (χ2v) is 6.92. The van der Waals surface area contributed by atoms with Crippen LogP contribution in [0.15, 0.2) is 54.6 Å². The largest absolute Gasteiger partial charge is 0.493 e. The number of nitrogens with zero attached hydrogens (tertiary/aromatic N) is 2. The molecule has 0 saturated carbocycles. The zero-order chi connectivity index (χ0) is 21.3. The lowest BCUT2D eigenvalue weighted by Gasteiger charge is -2.19. The molecule has 0 fully saturated rings. The van der Waals surface area contributed by atoms with E-state index in [9.17, 15) is 4.79 Å². The SMILES string of the molecule is COc1cc2nc(C(N)=O)nc(NC(C)c3cccc4ccccc34)c2cc1OC. The van der Waals surface area contributed by atoms with E-state index >= 15 is 0 Å². The van der Waals surface area contributed by atoms with E-state index in [2.05, 4.69) is 39.6 Å². The molecule has 0 aliphatic carbocycles. The summed E-state index contributed by atoms with van der Waals surface area (Å²) in [5, 5.41) is 6.42. The van der Waals surface area contributed by atoms with Crippen LogP contribution in [0.1, 0.15) is 29.1 Å². The molecule has 4 aromatic rings. The molecular formula is C23H22N4O3. The van der Waals surface area contributed by atoms with Crippen LogP contribution in [0.2, 0.25) is 0 Å². The van der Waals surface area contributed by atoms with Crippen LogP contribution in [0.3, 0.4) is 0 Å². The van der Waals surface area contributed by atoms with Crippen LogP contribution in [-0.4, -0.2) is 30.1 Å². The predicted molar refractivity (Wildman–Crippen MR) is 117 cm³/mol. The van der Waals surface area contributed by atoms with Gasteiger partial charge in [-0.25, -0.2) is 9.97 Å². The molecule has 7 nitrogen and oxygen atoms in total. The maximum absolute atomic E-state index is 11.8. The summed E-state index contributed by atoms with van der Waals surface area (Å²) < 4.78 is 10.8. The van der Waals surface area contributed by atoms with Gasteiger partial charge in [-0.2, -0.15) is 0 Å². The number of primary amides is 1. The number of methoxy groups -OCH3 is 2. The molecule has 3 N–H and O–H groups in total. The van der Waals surface area contributed by atoms with E-state index in [1.165, 1.54) is 0 Å². The van der Waals surface area contributed by atoms with Crippen LogP contribution in [-0.2, 0) is 0 Å². The van der Waals surface area contributed by atoms with Crippen molar-refractivity contribution in [2.75, 3.05) is 19.5 Å². The Balaban J connectivity index is 1.85. The number of carbonyl (C=O) groups is 1. The molecule has 1 atom stereocenters. The minimum Gasteiger partial charge on any atom is -0.493 e. The second-order valence-electron chi connectivity index (χ2n) is 6.92. The highest BCUT2D eigenvalue weighted by Crippen LogP contribution is 2.35. The maximum atomic E-state index is 11.8. The molecule has 1 amide bonds. The Morgan fingerprint density at radius 1 is 0.967 bits per heavy atom. The van der Waals surface area contributed by atoms with Crippen molar-refractivity contribution in [3.05, 3.63) is 66.0 Å². The predicted octanol–water partition coefficient (Wildman–Crippen LogP) is 4.07. The van der Waals surface area contributed by atoms with Crippen molar-refractivity contribution in [3.8, 4) is 11.5 Å². The fourth-order valence-electron chi connectivity index (χ4n) is 3.59. The number of aromatic nitrogens is 2. The van der Waals surface area contributed by atoms with Gasteiger partial charge in [-0.1, -0.05) is 42.5 Å². The van der Waals surface area contributed by atoms with Crippen LogP contribution in [0, 0.1) is 0 Å². The van der Waals surface area contributed by atoms with Gasteiger partial charge in [-0.15, -0.1) is 0 Å². The Labute approximate surface area is 173 Å². The number of nitrogens with one attached hydrogen (secondary N) is 1. The van der Waals surface area contributed by atoms with E-state index in [1.54, 1.807) is 26.4 Å². The third-order valence-electron chi connectivity index (χ3n) is 5.06. The molecule has 0 radical (unpaired) electrons. The molecule has 1 heterocycles. The highest BCUT2D eigenvalue weighted by atomic mass is 16.5. The van der Waals surface area contributed by atoms with Crippen LogP contribution in [0.5, 0.6) is 11.5 Å². The maximum Gasteiger partial charge on any atom is 0.286 e. The highest BCUT2D eigenvalue weighted by molar-refractivity contribution is 5.97. The van der Waals surface area contributed by atoms with Gasteiger partial charge in [-0.3, -0.25) is 4.79 Å². The number of nitrogens with two attached hydrogens (primary N) is 1. The Hall–Kier alpha value is -3.87. The molecule has 7 heteroatoms. The number of fused-ring (bicyclic) bond motifs is 2. The van der Waals surface area contributed by atoms with E-state index < -0.39 is 5.91 Å². The summed E-state index contributed by atoms with van der Waals surface area (Å²) in [7, 11) is 3.11. The molecule has 152 valence electrons. The smallest absolute Gasteiger partial charge is 0.286 e. The molecule has 0 spiro atoms. The first-order valence-electron chi connectivity index (χ1n) is 9.49. The first-order valence-corrected chi connectivity index (χ1v) is 9.49. The number of hydrogen-bond donors (Lipinski definition) is 2. The van der Waals surface area contributed by atoms with Gasteiger partial charge < -0.3 is 20.5 Å². The molecule has 0 saturated heterocycles. The molecule has 3 aromatic carbocycles. The van der Waals surface area contributed by atoms with Crippen LogP contribution in [0.25, 0.3) is 21.7 Å². The minimum absolute atomic E-state index is 0.0673. The first-order chi connectivity index (χ1) is 14.5. The second kappa shape index (κ2) is 7.87. The molecule has 0 bridgehead atoms. The van der Waals surface area contributed by atoms with Gasteiger partial charge in [0.2, 0.25) is 5.82 Å². The average molecular weight is 402 g/mol. The number of hydrogen-bond acceptors (Lipinski definition) is 6. The van der Waals surface area contributed by atoms with Crippen LogP contribution >= 0.6 is 0 Å². The Morgan fingerprint density at radius 3 is 2.40 bits per heavy atom. The summed E-state index contributed by atoms with van der Waals surface area (Å²) >= 11 is 0. The quantitative estimate of drug-likeness (QED) is 0.504. The van der Waals surface area contributed by atoms with Crippen molar-refractivity contribution in [2.45, 2.75) is 13.0 Å². The monoisotopic (exact) mass is 402 g/mol. The van der Waals surface area contributed by atoms with Gasteiger partial charge in [0, 0.05) is 11.5 Å². The normalized spacial score (nSPS) is 12.0. The molecule has 1 unspecified atom stereocenters. The lowest BCUT2D eigenvalue weighted by atomic mass is 9.99. The summed E-state index contributed by atoms with van der Waals surface area (Å²) in [6.45, 7) is 2.04. The van der Waals surface area contributed by atoms with Crippen molar-refractivity contribution >= 4 is 33.4 Å². The van der Waals surface area contributed by atoms with Crippen LogP contribution < -0.4 is 20.5 Å². The molecule has 1 aromatic heterocycles. The van der Waals surface area contributed by atoms with Crippen LogP contribution in [0.4, 0.5) is 5.82 Å². The van der Waals surface area contributed by atoms with Gasteiger partial charge in [0.1, 0.15) is 5.82 Å². The first kappa shape index (κ1) is 19.4. The van der Waals surface area contributed by atoms with Crippen molar-refractivity contribution in [1.29, 1.82) is 0 Å². The average Bonchev–Trinajstić information content (AvgIpc) is 2.77. The number of carbonyl (C=O) groups excluding carboxylic acids is 1. The Morgan fingerprint density at radius 2 is 1.67 bits per heavy atom. The van der Waals surface area contributed by atoms with E-state index in [1.807, 2.05) is 25.1 Å². The van der Waals surface area contributed by atoms with Crippen molar-refractivity contribution in [2.24, 2.45) is 5.73 Å². The minimum atomic E-state index is -0.701. The number of amides is 1. The van der Waals surface area contributed by atoms with E-state index in [4.69, 9.17) is 15.2 Å². The zero-order valence-electron chi connectivity index (χ0n) is 17.0. The van der Waals surface area contributed by atoms with E-state index in [-0.39, 0.29) is 11.9 Å². The van der Waals surface area contributed by atoms with Crippen molar-refractivity contribution < 1.29 is 14.3 Å². The Kier molecular flexibility index (Phi) is 5.10. The fraction of sp³-hybridized carbons (Fsp3) is 0.174. The van der Waals surface area contributed by atoms with Crippen molar-refractivity contribution in [1.82, 2.24) is 9.97 Å². The van der Waals surface area contributed by atoms with Gasteiger partial charge in [-0.05, 0) is 29.3 Å². The molecule has 4 rings (SSSR count). The van der Waals surface area contributed by atoms with Crippen molar-refractivity contribution in [3.63, 3.8) is 0 Å². The van der Waals surface area contributed by atoms with E-state index in [0.29, 0.717) is 28.2 Å². The summed E-state index contributed by atoms with van der Waals surface area (Å²) in [5.41, 5.74) is 7.11. The number of rotatable bonds is 6. The number of benzene rings is 3. The summed E-state index contributed by atoms with van der Waals surface area (Å²) in [5.74, 6) is 0.776. The standard InChI is InChI=1S/C23H22N4O3/c1-13(15-10-6-8-14-7-4-5-9-16(14)15)25-22-17-11-19(29-2)20(30-3)12-18(17)26-23(27-22)21(24)28/h4-13H,1-3H3,(H2,24,28)(H,25,26,27). The Bertz CT molecular complexity index is 1250. The third-order valence-corrected chi connectivity index (χ3v) is 5.06. The third kappa shape index (κ3) is 3.45. The highest BCUT2D eigenvalue weighted by Gasteiger charge is 2.18. The zero-order valence-corrected chi connectivity index (χ0v) is 17.0. The number of ether oxygens (including phenoxy) is 2. The molecule has 0 aliphatic rings. The lowest BCUT2D eigenvalue weighted by Crippen LogP contribution is -2.18. The van der Waals surface area contributed by atoms with Gasteiger partial charge in [0.15, 0.2) is 11.5 Å². The summed E-state index contributed by atoms with van der Waals surface area (Å²) in [6, 6.07) is 17.8. The fourth-order valence-corrected chi connectivity index (χ4v) is 3.59. The summed E-state index contributed by atoms with van der Waals surface area (Å²) in [6.07, 6.45) is 0. The lowest BCUT2D eigenvalue weighted by molar-refractivity contribution is 0.0991. The van der Waals surface area contributed by atoms with Gasteiger partial charge in [0.25, 0.3) is 5.91 Å². The molecular weight excluding hydrogens is 380 g/mol. The summed E-state index contributed by atoms with van der Waals surface area (Å²) in [4.78, 5) is 20.5. The van der Waals surface area contributed by atoms with Gasteiger partial charge >= 0.3 is 0 Å².